The average Bonchev–Trinajstić information content (AvgIpc) is 2.45. The summed E-state index contributed by atoms with van der Waals surface area (Å²) in [5.74, 6) is 0.501. The van der Waals surface area contributed by atoms with Crippen LogP contribution in [0.15, 0.2) is 42.5 Å². The highest BCUT2D eigenvalue weighted by molar-refractivity contribution is 6.39. The highest BCUT2D eigenvalue weighted by Gasteiger charge is 2.13. The molecule has 1 N–H and O–H groups in total. The van der Waals surface area contributed by atoms with Crippen LogP contribution in [0.4, 0.5) is 0 Å². The minimum Gasteiger partial charge on any atom is -0.491 e. The molecule has 2 aromatic carbocycles. The van der Waals surface area contributed by atoms with E-state index < -0.39 is 0 Å². The lowest BCUT2D eigenvalue weighted by molar-refractivity contribution is 0.0947. The molecule has 0 aromatic heterocycles. The van der Waals surface area contributed by atoms with Crippen LogP contribution < -0.4 is 10.1 Å². The van der Waals surface area contributed by atoms with Crippen LogP contribution in [-0.2, 0) is 0 Å². The molecule has 0 bridgehead atoms. The van der Waals surface area contributed by atoms with E-state index >= 15 is 0 Å². The molecule has 0 aliphatic heterocycles. The fourth-order valence-corrected chi connectivity index (χ4v) is 2.42. The number of benzene rings is 2. The van der Waals surface area contributed by atoms with E-state index in [1.54, 1.807) is 18.2 Å². The largest absolute Gasteiger partial charge is 0.491 e. The average molecular weight is 324 g/mol. The number of amides is 1. The van der Waals surface area contributed by atoms with Gasteiger partial charge in [0, 0.05) is 0 Å². The van der Waals surface area contributed by atoms with Crippen molar-refractivity contribution in [1.82, 2.24) is 5.32 Å². The second-order valence-corrected chi connectivity index (χ2v) is 5.28. The zero-order valence-electron chi connectivity index (χ0n) is 11.5. The first-order valence-corrected chi connectivity index (χ1v) is 7.26. The predicted octanol–water partition coefficient (Wildman–Crippen LogP) is 4.11. The van der Waals surface area contributed by atoms with Crippen molar-refractivity contribution in [3.63, 3.8) is 0 Å². The molecule has 5 heteroatoms. The summed E-state index contributed by atoms with van der Waals surface area (Å²) >= 11 is 12.0. The van der Waals surface area contributed by atoms with Gasteiger partial charge in [0.2, 0.25) is 0 Å². The van der Waals surface area contributed by atoms with Gasteiger partial charge in [-0.1, -0.05) is 47.5 Å². The lowest BCUT2D eigenvalue weighted by Crippen LogP contribution is -2.28. The fourth-order valence-electron chi connectivity index (χ4n) is 1.85. The van der Waals surface area contributed by atoms with Crippen molar-refractivity contribution in [3.05, 3.63) is 63.6 Å². The Bertz CT molecular complexity index is 624. The molecule has 3 nitrogen and oxygen atoms in total. The molecule has 0 aliphatic rings. The van der Waals surface area contributed by atoms with Crippen LogP contribution in [0.5, 0.6) is 5.75 Å². The molecule has 0 spiro atoms. The number of nitrogens with one attached hydrogen (secondary N) is 1. The first-order valence-electron chi connectivity index (χ1n) is 6.50. The van der Waals surface area contributed by atoms with E-state index in [0.29, 0.717) is 23.2 Å². The Labute approximate surface area is 133 Å². The van der Waals surface area contributed by atoms with E-state index in [1.165, 1.54) is 0 Å². The number of aryl methyl sites for hydroxylation is 1. The normalized spacial score (nSPS) is 10.2. The zero-order valence-corrected chi connectivity index (χ0v) is 13.0. The topological polar surface area (TPSA) is 38.3 Å². The molecule has 0 saturated carbocycles. The van der Waals surface area contributed by atoms with E-state index in [-0.39, 0.29) is 11.5 Å². The van der Waals surface area contributed by atoms with Gasteiger partial charge in [-0.25, -0.2) is 0 Å². The summed E-state index contributed by atoms with van der Waals surface area (Å²) in [6.45, 7) is 2.71. The van der Waals surface area contributed by atoms with Crippen molar-refractivity contribution in [2.24, 2.45) is 0 Å². The molecule has 0 atom stereocenters. The van der Waals surface area contributed by atoms with Gasteiger partial charge in [0.1, 0.15) is 12.4 Å². The van der Waals surface area contributed by atoms with Gasteiger partial charge in [-0.3, -0.25) is 4.79 Å². The number of hydrogen-bond donors (Lipinski definition) is 1. The van der Waals surface area contributed by atoms with Crippen molar-refractivity contribution in [2.45, 2.75) is 6.92 Å². The van der Waals surface area contributed by atoms with Gasteiger partial charge in [0.15, 0.2) is 0 Å². The van der Waals surface area contributed by atoms with Gasteiger partial charge in [0.25, 0.3) is 5.91 Å². The molecule has 0 radical (unpaired) electrons. The molecule has 2 rings (SSSR count). The minimum absolute atomic E-state index is 0.289. The third kappa shape index (κ3) is 4.13. The van der Waals surface area contributed by atoms with Gasteiger partial charge in [0.05, 0.1) is 22.2 Å². The van der Waals surface area contributed by atoms with Crippen LogP contribution in [0.25, 0.3) is 0 Å². The van der Waals surface area contributed by atoms with Gasteiger partial charge < -0.3 is 10.1 Å². The molecule has 0 heterocycles. The Morgan fingerprint density at radius 3 is 2.43 bits per heavy atom. The lowest BCUT2D eigenvalue weighted by atomic mass is 10.2. The fraction of sp³-hybridized carbons (Fsp3) is 0.188. The Hall–Kier alpha value is -1.71. The molecule has 21 heavy (non-hydrogen) atoms. The van der Waals surface area contributed by atoms with E-state index in [2.05, 4.69) is 5.32 Å². The molecule has 2 aromatic rings. The maximum atomic E-state index is 12.0. The summed E-state index contributed by atoms with van der Waals surface area (Å²) in [4.78, 5) is 12.0. The molecule has 0 saturated heterocycles. The molecule has 1 amide bonds. The number of para-hydroxylation sites is 1. The Morgan fingerprint density at radius 2 is 1.76 bits per heavy atom. The third-order valence-corrected chi connectivity index (χ3v) is 3.56. The number of rotatable bonds is 5. The smallest absolute Gasteiger partial charge is 0.254 e. The van der Waals surface area contributed by atoms with Crippen LogP contribution >= 0.6 is 23.2 Å². The Balaban J connectivity index is 1.87. The molecule has 0 fully saturated rings. The first-order chi connectivity index (χ1) is 10.1. The quantitative estimate of drug-likeness (QED) is 0.841. The highest BCUT2D eigenvalue weighted by atomic mass is 35.5. The minimum atomic E-state index is -0.306. The molecule has 0 unspecified atom stereocenters. The number of hydrogen-bond acceptors (Lipinski definition) is 2. The summed E-state index contributed by atoms with van der Waals surface area (Å²) in [5.41, 5.74) is 1.34. The molecular formula is C16H15Cl2NO2. The second-order valence-electron chi connectivity index (χ2n) is 4.47. The van der Waals surface area contributed by atoms with E-state index in [9.17, 15) is 4.79 Å². The zero-order chi connectivity index (χ0) is 15.2. The maximum absolute atomic E-state index is 12.0. The predicted molar refractivity (Wildman–Crippen MR) is 85.5 cm³/mol. The summed E-state index contributed by atoms with van der Waals surface area (Å²) in [7, 11) is 0. The van der Waals surface area contributed by atoms with Crippen LogP contribution in [0.1, 0.15) is 15.9 Å². The lowest BCUT2D eigenvalue weighted by Gasteiger charge is -2.11. The van der Waals surface area contributed by atoms with Gasteiger partial charge in [-0.2, -0.15) is 0 Å². The van der Waals surface area contributed by atoms with Crippen molar-refractivity contribution < 1.29 is 9.53 Å². The number of halogens is 2. The third-order valence-electron chi connectivity index (χ3n) is 2.93. The Kier molecular flexibility index (Phi) is 5.48. The van der Waals surface area contributed by atoms with E-state index in [4.69, 9.17) is 27.9 Å². The first kappa shape index (κ1) is 15.7. The van der Waals surface area contributed by atoms with Crippen LogP contribution in [0, 0.1) is 6.92 Å². The molecule has 110 valence electrons. The molecular weight excluding hydrogens is 309 g/mol. The maximum Gasteiger partial charge on any atom is 0.254 e. The number of carbonyl (C=O) groups excluding carboxylic acids is 1. The van der Waals surface area contributed by atoms with Crippen molar-refractivity contribution in [2.75, 3.05) is 13.2 Å². The van der Waals surface area contributed by atoms with Crippen molar-refractivity contribution in [3.8, 4) is 5.75 Å². The number of carbonyl (C=O) groups is 1. The van der Waals surface area contributed by atoms with Crippen LogP contribution in [-0.4, -0.2) is 19.1 Å². The summed E-state index contributed by atoms with van der Waals surface area (Å²) in [5, 5.41) is 3.40. The van der Waals surface area contributed by atoms with Crippen LogP contribution in [0.3, 0.4) is 0 Å². The standard InChI is InChI=1S/C16H15Cl2NO2/c1-11-5-2-3-8-14(11)21-10-9-19-16(20)15-12(17)6-4-7-13(15)18/h2-8H,9-10H2,1H3,(H,19,20). The molecule has 0 aliphatic carbocycles. The second kappa shape index (κ2) is 7.34. The SMILES string of the molecule is Cc1ccccc1OCCNC(=O)c1c(Cl)cccc1Cl. The van der Waals surface area contributed by atoms with Gasteiger partial charge in [-0.15, -0.1) is 0 Å². The van der Waals surface area contributed by atoms with Crippen molar-refractivity contribution >= 4 is 29.1 Å². The van der Waals surface area contributed by atoms with E-state index in [0.717, 1.165) is 11.3 Å². The number of ether oxygens (including phenoxy) is 1. The summed E-state index contributed by atoms with van der Waals surface area (Å²) < 4.78 is 5.60. The van der Waals surface area contributed by atoms with Gasteiger partial charge >= 0.3 is 0 Å². The monoisotopic (exact) mass is 323 g/mol. The van der Waals surface area contributed by atoms with Gasteiger partial charge in [-0.05, 0) is 30.7 Å². The van der Waals surface area contributed by atoms with Crippen molar-refractivity contribution in [1.29, 1.82) is 0 Å². The van der Waals surface area contributed by atoms with Crippen LogP contribution in [0.2, 0.25) is 10.0 Å². The Morgan fingerprint density at radius 1 is 1.10 bits per heavy atom. The summed E-state index contributed by atoms with van der Waals surface area (Å²) in [6.07, 6.45) is 0. The highest BCUT2D eigenvalue weighted by Crippen LogP contribution is 2.23. The van der Waals surface area contributed by atoms with E-state index in [1.807, 2.05) is 31.2 Å². The summed E-state index contributed by atoms with van der Waals surface area (Å²) in [6, 6.07) is 12.7.